The van der Waals surface area contributed by atoms with Crippen LogP contribution in [-0.4, -0.2) is 28.2 Å². The third-order valence-electron chi connectivity index (χ3n) is 8.87. The molecule has 8 rings (SSSR count). The predicted octanol–water partition coefficient (Wildman–Crippen LogP) is 8.74. The summed E-state index contributed by atoms with van der Waals surface area (Å²) in [5.74, 6) is 0. The molecule has 5 aromatic carbocycles. The number of nitrogens with zero attached hydrogens (tertiary/aromatic N) is 4. The van der Waals surface area contributed by atoms with Gasteiger partial charge >= 0.3 is 0 Å². The number of benzene rings is 5. The maximum absolute atomic E-state index is 5.01. The van der Waals surface area contributed by atoms with Gasteiger partial charge in [0.2, 0.25) is 0 Å². The molecule has 0 spiro atoms. The van der Waals surface area contributed by atoms with Crippen molar-refractivity contribution in [1.82, 2.24) is 14.5 Å². The fraction of sp³-hybridized carbons (Fsp3) is 0.0750. The van der Waals surface area contributed by atoms with E-state index in [1.54, 1.807) is 0 Å². The summed E-state index contributed by atoms with van der Waals surface area (Å²) in [5.41, 5.74) is 8.56. The number of para-hydroxylation sites is 1. The van der Waals surface area contributed by atoms with Crippen molar-refractivity contribution in [3.8, 4) is 5.69 Å². The molecule has 1 aliphatic heterocycles. The van der Waals surface area contributed by atoms with Gasteiger partial charge in [0.1, 0.15) is 0 Å². The van der Waals surface area contributed by atoms with E-state index >= 15 is 0 Å². The molecule has 0 saturated heterocycles. The second-order valence-corrected chi connectivity index (χ2v) is 11.5. The van der Waals surface area contributed by atoms with Crippen LogP contribution in [0, 0.1) is 0 Å². The van der Waals surface area contributed by atoms with Crippen molar-refractivity contribution in [2.24, 2.45) is 0 Å². The summed E-state index contributed by atoms with van der Waals surface area (Å²) in [6.45, 7) is 0.835. The summed E-state index contributed by atoms with van der Waals surface area (Å²) in [6, 6.07) is 52.4. The molecular weight excluding hydrogens is 536 g/mol. The monoisotopic (exact) mass is 568 g/mol. The highest BCUT2D eigenvalue weighted by atomic mass is 15.3. The Balaban J connectivity index is 1.41. The van der Waals surface area contributed by atoms with Gasteiger partial charge in [-0.15, -0.1) is 0 Å². The van der Waals surface area contributed by atoms with Crippen molar-refractivity contribution in [2.45, 2.75) is 5.41 Å². The Labute approximate surface area is 257 Å². The van der Waals surface area contributed by atoms with Gasteiger partial charge in [-0.2, -0.15) is 0 Å². The average molecular weight is 569 g/mol. The lowest BCUT2D eigenvalue weighted by Gasteiger charge is -2.36. The van der Waals surface area contributed by atoms with Crippen LogP contribution in [0.25, 0.3) is 27.5 Å². The van der Waals surface area contributed by atoms with E-state index in [1.165, 1.54) is 38.6 Å². The first kappa shape index (κ1) is 26.1. The van der Waals surface area contributed by atoms with Crippen molar-refractivity contribution < 1.29 is 0 Å². The molecule has 0 saturated carbocycles. The highest BCUT2D eigenvalue weighted by Crippen LogP contribution is 2.45. The Kier molecular flexibility index (Phi) is 6.27. The SMILES string of the molecule is CN1C=CN(c2ccc3c4ccccc4n(-c4cccc(C(c5ccccc5)(c5ccccc5)c5ccccn5)c4)c3c2)C1. The summed E-state index contributed by atoms with van der Waals surface area (Å²) in [7, 11) is 2.10. The van der Waals surface area contributed by atoms with Crippen LogP contribution in [0.5, 0.6) is 0 Å². The van der Waals surface area contributed by atoms with Gasteiger partial charge in [-0.25, -0.2) is 0 Å². The largest absolute Gasteiger partial charge is 0.361 e. The third-order valence-corrected chi connectivity index (χ3v) is 8.87. The lowest BCUT2D eigenvalue weighted by molar-refractivity contribution is 0.496. The molecule has 0 amide bonds. The minimum Gasteiger partial charge on any atom is -0.361 e. The van der Waals surface area contributed by atoms with Gasteiger partial charge in [-0.05, 0) is 59.2 Å². The summed E-state index contributed by atoms with van der Waals surface area (Å²) in [6.07, 6.45) is 6.17. The summed E-state index contributed by atoms with van der Waals surface area (Å²) in [4.78, 5) is 9.49. The lowest BCUT2D eigenvalue weighted by atomic mass is 9.67. The smallest absolute Gasteiger partial charge is 0.0938 e. The highest BCUT2D eigenvalue weighted by molar-refractivity contribution is 6.10. The molecule has 3 heterocycles. The lowest BCUT2D eigenvalue weighted by Crippen LogP contribution is -2.32. The van der Waals surface area contributed by atoms with Crippen LogP contribution >= 0.6 is 0 Å². The van der Waals surface area contributed by atoms with Gasteiger partial charge < -0.3 is 14.4 Å². The minimum atomic E-state index is -0.616. The Morgan fingerprint density at radius 1 is 0.545 bits per heavy atom. The Bertz CT molecular complexity index is 2020. The number of rotatable bonds is 6. The molecule has 0 N–H and O–H groups in total. The van der Waals surface area contributed by atoms with Crippen LogP contribution in [0.2, 0.25) is 0 Å². The van der Waals surface area contributed by atoms with Crippen LogP contribution < -0.4 is 4.90 Å². The molecule has 4 heteroatoms. The number of hydrogen-bond donors (Lipinski definition) is 0. The summed E-state index contributed by atoms with van der Waals surface area (Å²) >= 11 is 0. The minimum absolute atomic E-state index is 0.616. The predicted molar refractivity (Wildman–Crippen MR) is 181 cm³/mol. The van der Waals surface area contributed by atoms with Crippen LogP contribution in [0.3, 0.4) is 0 Å². The van der Waals surface area contributed by atoms with E-state index in [2.05, 4.69) is 173 Å². The normalized spacial score (nSPS) is 13.3. The van der Waals surface area contributed by atoms with E-state index in [-0.39, 0.29) is 0 Å². The first-order valence-corrected chi connectivity index (χ1v) is 15.1. The molecular formula is C40H32N4. The number of pyridine rings is 1. The van der Waals surface area contributed by atoms with Crippen molar-refractivity contribution >= 4 is 27.5 Å². The van der Waals surface area contributed by atoms with Gasteiger partial charge in [0, 0.05) is 47.8 Å². The van der Waals surface area contributed by atoms with Crippen molar-refractivity contribution in [2.75, 3.05) is 18.6 Å². The summed E-state index contributed by atoms with van der Waals surface area (Å²) < 4.78 is 2.42. The molecule has 0 unspecified atom stereocenters. The van der Waals surface area contributed by atoms with E-state index in [0.29, 0.717) is 0 Å². The molecule has 0 aliphatic carbocycles. The zero-order chi connectivity index (χ0) is 29.5. The fourth-order valence-corrected chi connectivity index (χ4v) is 6.90. The zero-order valence-corrected chi connectivity index (χ0v) is 24.6. The second-order valence-electron chi connectivity index (χ2n) is 11.5. The van der Waals surface area contributed by atoms with Crippen molar-refractivity contribution in [3.05, 3.63) is 187 Å². The average Bonchev–Trinajstić information content (AvgIpc) is 3.67. The van der Waals surface area contributed by atoms with E-state index in [1.807, 2.05) is 12.3 Å². The number of fused-ring (bicyclic) bond motifs is 3. The highest BCUT2D eigenvalue weighted by Gasteiger charge is 2.39. The van der Waals surface area contributed by atoms with Crippen LogP contribution in [-0.2, 0) is 5.41 Å². The first-order valence-electron chi connectivity index (χ1n) is 15.1. The van der Waals surface area contributed by atoms with Gasteiger partial charge in [0.05, 0.1) is 28.8 Å². The number of anilines is 1. The number of aromatic nitrogens is 2. The molecule has 0 bridgehead atoms. The Morgan fingerprint density at radius 3 is 1.93 bits per heavy atom. The van der Waals surface area contributed by atoms with Gasteiger partial charge in [0.25, 0.3) is 0 Å². The van der Waals surface area contributed by atoms with E-state index < -0.39 is 5.41 Å². The maximum atomic E-state index is 5.01. The molecule has 0 atom stereocenters. The molecule has 0 radical (unpaired) electrons. The molecule has 1 aliphatic rings. The summed E-state index contributed by atoms with van der Waals surface area (Å²) in [5, 5.41) is 2.49. The van der Waals surface area contributed by atoms with Crippen LogP contribution in [0.15, 0.2) is 164 Å². The number of hydrogen-bond acceptors (Lipinski definition) is 3. The standard InChI is InChI=1S/C40H32N4/c1-42-25-26-43(29-42)33-22-23-36-35-19-8-9-20-37(35)44(38(36)28-33)34-18-12-17-32(27-34)40(30-13-4-2-5-14-30,31-15-6-3-7-16-31)39-21-10-11-24-41-39/h2-28H,29H2,1H3. The topological polar surface area (TPSA) is 24.3 Å². The third kappa shape index (κ3) is 4.10. The molecule has 44 heavy (non-hydrogen) atoms. The molecule has 212 valence electrons. The Morgan fingerprint density at radius 2 is 1.23 bits per heavy atom. The molecule has 4 nitrogen and oxygen atoms in total. The second kappa shape index (κ2) is 10.6. The quantitative estimate of drug-likeness (QED) is 0.188. The molecule has 7 aromatic rings. The van der Waals surface area contributed by atoms with Crippen LogP contribution in [0.1, 0.15) is 22.4 Å². The van der Waals surface area contributed by atoms with Crippen molar-refractivity contribution in [3.63, 3.8) is 0 Å². The molecule has 2 aromatic heterocycles. The fourth-order valence-electron chi connectivity index (χ4n) is 6.90. The maximum Gasteiger partial charge on any atom is 0.0938 e. The van der Waals surface area contributed by atoms with E-state index in [4.69, 9.17) is 4.98 Å². The first-order chi connectivity index (χ1) is 21.7. The Hall–Kier alpha value is -5.61. The van der Waals surface area contributed by atoms with E-state index in [0.717, 1.165) is 23.6 Å². The molecule has 0 fully saturated rings. The van der Waals surface area contributed by atoms with Gasteiger partial charge in [0.15, 0.2) is 0 Å². The van der Waals surface area contributed by atoms with E-state index in [9.17, 15) is 0 Å². The van der Waals surface area contributed by atoms with Crippen LogP contribution in [0.4, 0.5) is 5.69 Å². The zero-order valence-electron chi connectivity index (χ0n) is 24.6. The van der Waals surface area contributed by atoms with Crippen molar-refractivity contribution in [1.29, 1.82) is 0 Å². The van der Waals surface area contributed by atoms with Gasteiger partial charge in [-0.1, -0.05) is 103 Å². The van der Waals surface area contributed by atoms with Gasteiger partial charge in [-0.3, -0.25) is 4.98 Å².